The number of likely N-dealkylation sites (tertiary alicyclic amines) is 1. The van der Waals surface area contributed by atoms with Crippen molar-refractivity contribution < 1.29 is 19.2 Å². The molecule has 1 atom stereocenters. The molecule has 1 aliphatic heterocycles. The first kappa shape index (κ1) is 15.1. The highest BCUT2D eigenvalue weighted by atomic mass is 19.1. The number of carbonyl (C=O) groups is 1. The smallest absolute Gasteiger partial charge is 0.279 e. The largest absolute Gasteiger partial charge is 0.391 e. The Bertz CT molecular complexity index is 588. The zero-order valence-corrected chi connectivity index (χ0v) is 11.2. The second-order valence-corrected chi connectivity index (χ2v) is 4.87. The molecule has 6 nitrogen and oxygen atoms in total. The third kappa shape index (κ3) is 3.85. The van der Waals surface area contributed by atoms with Crippen LogP contribution in [0.4, 0.5) is 10.1 Å². The summed E-state index contributed by atoms with van der Waals surface area (Å²) in [7, 11) is 0. The Morgan fingerprint density at radius 2 is 2.29 bits per heavy atom. The van der Waals surface area contributed by atoms with Crippen LogP contribution in [0, 0.1) is 15.9 Å². The molecule has 0 radical (unpaired) electrons. The number of rotatable bonds is 3. The molecule has 1 unspecified atom stereocenters. The summed E-state index contributed by atoms with van der Waals surface area (Å²) in [5.74, 6) is -1.03. The SMILES string of the molecule is O=C(C=Cc1ccc(F)cc1[N+](=O)[O-])N1CCCC(O)C1. The van der Waals surface area contributed by atoms with E-state index in [9.17, 15) is 24.4 Å². The van der Waals surface area contributed by atoms with Crippen molar-refractivity contribution in [2.45, 2.75) is 18.9 Å². The van der Waals surface area contributed by atoms with E-state index in [-0.39, 0.29) is 18.0 Å². The maximum absolute atomic E-state index is 13.0. The van der Waals surface area contributed by atoms with E-state index < -0.39 is 22.5 Å². The highest BCUT2D eigenvalue weighted by Gasteiger charge is 2.20. The van der Waals surface area contributed by atoms with Crippen LogP contribution in [-0.2, 0) is 4.79 Å². The van der Waals surface area contributed by atoms with Crippen molar-refractivity contribution in [3.63, 3.8) is 0 Å². The fourth-order valence-corrected chi connectivity index (χ4v) is 2.24. The summed E-state index contributed by atoms with van der Waals surface area (Å²) in [4.78, 5) is 23.6. The van der Waals surface area contributed by atoms with Gasteiger partial charge in [0.1, 0.15) is 5.82 Å². The molecule has 0 spiro atoms. The Labute approximate surface area is 120 Å². The number of β-amino-alcohol motifs (C(OH)–C–C–N with tert-alkyl or cyclic N) is 1. The summed E-state index contributed by atoms with van der Waals surface area (Å²) in [6.45, 7) is 0.806. The van der Waals surface area contributed by atoms with Gasteiger partial charge >= 0.3 is 0 Å². The summed E-state index contributed by atoms with van der Waals surface area (Å²) >= 11 is 0. The zero-order chi connectivity index (χ0) is 15.4. The quantitative estimate of drug-likeness (QED) is 0.523. The summed E-state index contributed by atoms with van der Waals surface area (Å²) < 4.78 is 13.0. The van der Waals surface area contributed by atoms with E-state index in [2.05, 4.69) is 0 Å². The molecule has 1 aromatic rings. The number of hydrogen-bond donors (Lipinski definition) is 1. The van der Waals surface area contributed by atoms with Gasteiger partial charge in [-0.15, -0.1) is 0 Å². The van der Waals surface area contributed by atoms with Gasteiger partial charge in [-0.25, -0.2) is 4.39 Å². The first-order chi connectivity index (χ1) is 9.97. The first-order valence-corrected chi connectivity index (χ1v) is 6.56. The van der Waals surface area contributed by atoms with Crippen LogP contribution < -0.4 is 0 Å². The van der Waals surface area contributed by atoms with Crippen molar-refractivity contribution in [2.24, 2.45) is 0 Å². The van der Waals surface area contributed by atoms with Gasteiger partial charge in [0.25, 0.3) is 5.69 Å². The van der Waals surface area contributed by atoms with Crippen LogP contribution in [0.25, 0.3) is 6.08 Å². The Morgan fingerprint density at radius 1 is 1.52 bits per heavy atom. The lowest BCUT2D eigenvalue weighted by Crippen LogP contribution is -2.41. The van der Waals surface area contributed by atoms with Crippen LogP contribution in [0.3, 0.4) is 0 Å². The Balaban J connectivity index is 2.13. The highest BCUT2D eigenvalue weighted by Crippen LogP contribution is 2.21. The second-order valence-electron chi connectivity index (χ2n) is 4.87. The Hall–Kier alpha value is -2.28. The van der Waals surface area contributed by atoms with Crippen molar-refractivity contribution in [3.8, 4) is 0 Å². The molecule has 1 aromatic carbocycles. The zero-order valence-electron chi connectivity index (χ0n) is 11.2. The van der Waals surface area contributed by atoms with E-state index in [1.807, 2.05) is 0 Å². The minimum Gasteiger partial charge on any atom is -0.391 e. The molecule has 0 bridgehead atoms. The number of aliphatic hydroxyl groups is 1. The van der Waals surface area contributed by atoms with Crippen molar-refractivity contribution in [1.82, 2.24) is 4.90 Å². The van der Waals surface area contributed by atoms with Gasteiger partial charge in [0.05, 0.1) is 22.7 Å². The fourth-order valence-electron chi connectivity index (χ4n) is 2.24. The normalized spacial score (nSPS) is 19.0. The molecule has 21 heavy (non-hydrogen) atoms. The van der Waals surface area contributed by atoms with Crippen LogP contribution in [0.5, 0.6) is 0 Å². The van der Waals surface area contributed by atoms with Gasteiger partial charge < -0.3 is 10.0 Å². The topological polar surface area (TPSA) is 83.7 Å². The number of halogens is 1. The van der Waals surface area contributed by atoms with E-state index in [4.69, 9.17) is 0 Å². The molecular weight excluding hydrogens is 279 g/mol. The van der Waals surface area contributed by atoms with Gasteiger partial charge in [-0.2, -0.15) is 0 Å². The third-order valence-corrected chi connectivity index (χ3v) is 3.30. The standard InChI is InChI=1S/C14H15FN2O4/c15-11-5-3-10(13(8-11)17(20)21)4-6-14(19)16-7-1-2-12(18)9-16/h3-6,8,12,18H,1-2,7,9H2. The summed E-state index contributed by atoms with van der Waals surface area (Å²) in [5.41, 5.74) is -0.231. The predicted molar refractivity (Wildman–Crippen MR) is 73.9 cm³/mol. The Kier molecular flexibility index (Phi) is 4.64. The number of amides is 1. The molecular formula is C14H15FN2O4. The lowest BCUT2D eigenvalue weighted by atomic mass is 10.1. The number of nitrogens with zero attached hydrogens (tertiary/aromatic N) is 2. The minimum atomic E-state index is -0.704. The third-order valence-electron chi connectivity index (χ3n) is 3.30. The molecule has 1 heterocycles. The molecule has 1 amide bonds. The van der Waals surface area contributed by atoms with Crippen molar-refractivity contribution in [3.05, 3.63) is 45.8 Å². The van der Waals surface area contributed by atoms with Crippen LogP contribution in [0.15, 0.2) is 24.3 Å². The second kappa shape index (κ2) is 6.45. The molecule has 1 N–H and O–H groups in total. The molecule has 0 saturated carbocycles. The van der Waals surface area contributed by atoms with Gasteiger partial charge in [0.2, 0.25) is 5.91 Å². The van der Waals surface area contributed by atoms with Crippen LogP contribution in [-0.4, -0.2) is 40.0 Å². The fraction of sp³-hybridized carbons (Fsp3) is 0.357. The summed E-state index contributed by atoms with van der Waals surface area (Å²) in [6, 6.07) is 3.17. The van der Waals surface area contributed by atoms with E-state index in [0.29, 0.717) is 13.0 Å². The van der Waals surface area contributed by atoms with Crippen molar-refractivity contribution in [2.75, 3.05) is 13.1 Å². The average Bonchev–Trinajstić information content (AvgIpc) is 2.45. The van der Waals surface area contributed by atoms with Gasteiger partial charge in [0, 0.05) is 19.2 Å². The number of nitro benzene ring substituents is 1. The number of piperidine rings is 1. The minimum absolute atomic E-state index is 0.160. The number of hydrogen-bond acceptors (Lipinski definition) is 4. The number of benzene rings is 1. The molecule has 7 heteroatoms. The van der Waals surface area contributed by atoms with E-state index in [1.54, 1.807) is 0 Å². The van der Waals surface area contributed by atoms with Gasteiger partial charge in [-0.1, -0.05) is 0 Å². The molecule has 2 rings (SSSR count). The van der Waals surface area contributed by atoms with Crippen molar-refractivity contribution in [1.29, 1.82) is 0 Å². The molecule has 1 aliphatic rings. The van der Waals surface area contributed by atoms with Gasteiger partial charge in [-0.3, -0.25) is 14.9 Å². The Morgan fingerprint density at radius 3 is 2.95 bits per heavy atom. The average molecular weight is 294 g/mol. The molecule has 0 aromatic heterocycles. The van der Waals surface area contributed by atoms with E-state index in [1.165, 1.54) is 23.1 Å². The van der Waals surface area contributed by atoms with Gasteiger partial charge in [0.15, 0.2) is 0 Å². The van der Waals surface area contributed by atoms with Gasteiger partial charge in [-0.05, 0) is 31.1 Å². The lowest BCUT2D eigenvalue weighted by Gasteiger charge is -2.29. The molecule has 112 valence electrons. The predicted octanol–water partition coefficient (Wildman–Crippen LogP) is 1.73. The van der Waals surface area contributed by atoms with Crippen molar-refractivity contribution >= 4 is 17.7 Å². The molecule has 1 fully saturated rings. The maximum Gasteiger partial charge on any atom is 0.279 e. The monoisotopic (exact) mass is 294 g/mol. The summed E-state index contributed by atoms with van der Waals surface area (Å²) in [6.07, 6.45) is 3.35. The first-order valence-electron chi connectivity index (χ1n) is 6.56. The van der Waals surface area contributed by atoms with Crippen LogP contribution in [0.1, 0.15) is 18.4 Å². The number of aliphatic hydroxyl groups excluding tert-OH is 1. The number of carbonyl (C=O) groups excluding carboxylic acids is 1. The molecule has 0 aliphatic carbocycles. The molecule has 1 saturated heterocycles. The van der Waals surface area contributed by atoms with Crippen LogP contribution in [0.2, 0.25) is 0 Å². The highest BCUT2D eigenvalue weighted by molar-refractivity contribution is 5.92. The summed E-state index contributed by atoms with van der Waals surface area (Å²) in [5, 5.41) is 20.4. The van der Waals surface area contributed by atoms with E-state index >= 15 is 0 Å². The lowest BCUT2D eigenvalue weighted by molar-refractivity contribution is -0.385. The van der Waals surface area contributed by atoms with E-state index in [0.717, 1.165) is 18.6 Å². The van der Waals surface area contributed by atoms with Crippen LogP contribution >= 0.6 is 0 Å². The number of nitro groups is 1. The maximum atomic E-state index is 13.0.